The van der Waals surface area contributed by atoms with E-state index in [0.717, 1.165) is 61.8 Å². The molecule has 1 aliphatic heterocycles. The molecule has 1 aliphatic rings. The molecule has 0 spiro atoms. The lowest BCUT2D eigenvalue weighted by atomic mass is 9.86. The average Bonchev–Trinajstić information content (AvgIpc) is 2.92. The van der Waals surface area contributed by atoms with E-state index in [1.807, 2.05) is 6.92 Å². The molecular formula is C35H47NO5S. The molecule has 2 aromatic rings. The van der Waals surface area contributed by atoms with Gasteiger partial charge >= 0.3 is 6.09 Å². The first-order valence-corrected chi connectivity index (χ1v) is 16.3. The van der Waals surface area contributed by atoms with Crippen molar-refractivity contribution >= 4 is 21.8 Å². The van der Waals surface area contributed by atoms with Crippen molar-refractivity contribution in [3.05, 3.63) is 88.0 Å². The molecule has 228 valence electrons. The molecule has 1 unspecified atom stereocenters. The standard InChI is InChI=1S/C35H47NO5S/c1-25(2)14-11-15-26(3)16-12-17-27(4)18-13-22-35(7)23-21-30-24-32(28(5)29(6)33(30)41-35)36(34(37)38)42(39,40)31-19-9-8-10-20-31/h8-10,14,16,18-20,24H,11-13,15,17,21-23H2,1-7H3,(H,37,38). The summed E-state index contributed by atoms with van der Waals surface area (Å²) in [5.41, 5.74) is 6.16. The van der Waals surface area contributed by atoms with Crippen molar-refractivity contribution in [3.8, 4) is 5.75 Å². The topological polar surface area (TPSA) is 83.9 Å². The first-order chi connectivity index (χ1) is 19.7. The highest BCUT2D eigenvalue weighted by Gasteiger charge is 2.37. The Morgan fingerprint density at radius 3 is 2.14 bits per heavy atom. The van der Waals surface area contributed by atoms with Gasteiger partial charge in [-0.1, -0.05) is 53.1 Å². The molecule has 0 bridgehead atoms. The van der Waals surface area contributed by atoms with E-state index in [0.29, 0.717) is 16.3 Å². The predicted molar refractivity (Wildman–Crippen MR) is 172 cm³/mol. The molecule has 42 heavy (non-hydrogen) atoms. The lowest BCUT2D eigenvalue weighted by molar-refractivity contribution is 0.0562. The van der Waals surface area contributed by atoms with Crippen molar-refractivity contribution in [1.82, 2.24) is 0 Å². The molecule has 2 aromatic carbocycles. The number of ether oxygens (including phenoxy) is 1. The van der Waals surface area contributed by atoms with Gasteiger partial charge in [-0.15, -0.1) is 0 Å². The van der Waals surface area contributed by atoms with Crippen LogP contribution in [0.4, 0.5) is 10.5 Å². The highest BCUT2D eigenvalue weighted by molar-refractivity contribution is 7.93. The minimum absolute atomic E-state index is 0.0695. The smallest absolute Gasteiger partial charge is 0.426 e. The molecule has 3 rings (SSSR count). The van der Waals surface area contributed by atoms with E-state index in [1.165, 1.54) is 28.9 Å². The van der Waals surface area contributed by atoms with E-state index in [1.54, 1.807) is 31.2 Å². The highest BCUT2D eigenvalue weighted by Crippen LogP contribution is 2.43. The Morgan fingerprint density at radius 1 is 0.952 bits per heavy atom. The Morgan fingerprint density at radius 2 is 1.55 bits per heavy atom. The van der Waals surface area contributed by atoms with Crippen LogP contribution in [0.25, 0.3) is 0 Å². The number of hydrogen-bond donors (Lipinski definition) is 1. The summed E-state index contributed by atoms with van der Waals surface area (Å²) < 4.78 is 33.8. The van der Waals surface area contributed by atoms with Gasteiger partial charge in [-0.2, -0.15) is 4.31 Å². The van der Waals surface area contributed by atoms with E-state index >= 15 is 0 Å². The molecule has 7 heteroatoms. The number of fused-ring (bicyclic) bond motifs is 1. The molecule has 1 N–H and O–H groups in total. The first-order valence-electron chi connectivity index (χ1n) is 14.8. The highest BCUT2D eigenvalue weighted by atomic mass is 32.2. The Balaban J connectivity index is 1.70. The Labute approximate surface area is 252 Å². The summed E-state index contributed by atoms with van der Waals surface area (Å²) >= 11 is 0. The van der Waals surface area contributed by atoms with Gasteiger partial charge in [0.2, 0.25) is 0 Å². The maximum Gasteiger partial charge on any atom is 0.426 e. The van der Waals surface area contributed by atoms with E-state index in [9.17, 15) is 18.3 Å². The SMILES string of the molecule is CC(C)=CCCC(C)=CCCC(C)=CCCC1(C)CCc2cc(N(C(=O)O)S(=O)(=O)c3ccccc3)c(C)c(C)c2O1. The number of sulfonamides is 1. The predicted octanol–water partition coefficient (Wildman–Crippen LogP) is 9.46. The maximum absolute atomic E-state index is 13.3. The van der Waals surface area contributed by atoms with Gasteiger partial charge in [0.1, 0.15) is 11.4 Å². The number of aryl methyl sites for hydroxylation is 1. The lowest BCUT2D eigenvalue weighted by Crippen LogP contribution is -2.38. The van der Waals surface area contributed by atoms with Crippen LogP contribution < -0.4 is 9.04 Å². The average molecular weight is 594 g/mol. The normalized spacial score (nSPS) is 17.3. The van der Waals surface area contributed by atoms with Crippen LogP contribution in [0.2, 0.25) is 0 Å². The second-order valence-corrected chi connectivity index (χ2v) is 13.8. The summed E-state index contributed by atoms with van der Waals surface area (Å²) in [7, 11) is -4.30. The molecule has 1 heterocycles. The van der Waals surface area contributed by atoms with Crippen molar-refractivity contribution in [2.75, 3.05) is 4.31 Å². The number of hydrogen-bond acceptors (Lipinski definition) is 4. The summed E-state index contributed by atoms with van der Waals surface area (Å²) in [5.74, 6) is 0.738. The third kappa shape index (κ3) is 8.37. The monoisotopic (exact) mass is 593 g/mol. The number of rotatable bonds is 12. The fourth-order valence-corrected chi connectivity index (χ4v) is 6.72. The molecule has 0 aliphatic carbocycles. The van der Waals surface area contributed by atoms with E-state index in [2.05, 4.69) is 52.8 Å². The zero-order valence-corrected chi connectivity index (χ0v) is 27.1. The summed E-state index contributed by atoms with van der Waals surface area (Å²) in [6.45, 7) is 14.4. The Hall–Kier alpha value is -3.32. The minimum atomic E-state index is -4.30. The Kier molecular flexibility index (Phi) is 11.2. The number of amides is 1. The van der Waals surface area contributed by atoms with Crippen LogP contribution in [0.3, 0.4) is 0 Å². The second-order valence-electron chi connectivity index (χ2n) is 12.0. The zero-order valence-electron chi connectivity index (χ0n) is 26.3. The molecular weight excluding hydrogens is 546 g/mol. The van der Waals surface area contributed by atoms with Gasteiger partial charge < -0.3 is 9.84 Å². The number of carboxylic acid groups (broad SMARTS) is 1. The summed E-state index contributed by atoms with van der Waals surface area (Å²) in [5, 5.41) is 10.0. The van der Waals surface area contributed by atoms with Crippen molar-refractivity contribution < 1.29 is 23.1 Å². The largest absolute Gasteiger partial charge is 0.487 e. The fraction of sp³-hybridized carbons (Fsp3) is 0.457. The molecule has 6 nitrogen and oxygen atoms in total. The van der Waals surface area contributed by atoms with Crippen LogP contribution in [0.1, 0.15) is 96.3 Å². The number of carbonyl (C=O) groups is 1. The lowest BCUT2D eigenvalue weighted by Gasteiger charge is -2.38. The van der Waals surface area contributed by atoms with Crippen LogP contribution in [-0.4, -0.2) is 25.2 Å². The van der Waals surface area contributed by atoms with E-state index < -0.39 is 16.1 Å². The summed E-state index contributed by atoms with van der Waals surface area (Å²) in [6.07, 6.45) is 13.0. The molecule has 0 saturated heterocycles. The van der Waals surface area contributed by atoms with Gasteiger partial charge in [0.15, 0.2) is 0 Å². The van der Waals surface area contributed by atoms with Crippen molar-refractivity contribution in [1.29, 1.82) is 0 Å². The van der Waals surface area contributed by atoms with Crippen LogP contribution in [-0.2, 0) is 16.4 Å². The molecule has 1 amide bonds. The number of benzene rings is 2. The van der Waals surface area contributed by atoms with Gasteiger partial charge in [0.05, 0.1) is 10.6 Å². The van der Waals surface area contributed by atoms with Gasteiger partial charge in [0, 0.05) is 0 Å². The van der Waals surface area contributed by atoms with Gasteiger partial charge in [0.25, 0.3) is 10.0 Å². The van der Waals surface area contributed by atoms with Crippen LogP contribution in [0, 0.1) is 13.8 Å². The molecule has 0 aromatic heterocycles. The van der Waals surface area contributed by atoms with Crippen LogP contribution in [0.15, 0.2) is 76.2 Å². The van der Waals surface area contributed by atoms with E-state index in [4.69, 9.17) is 4.74 Å². The number of nitrogens with zero attached hydrogens (tertiary/aromatic N) is 1. The number of anilines is 1. The molecule has 0 radical (unpaired) electrons. The minimum Gasteiger partial charge on any atom is -0.487 e. The zero-order chi connectivity index (χ0) is 31.1. The first kappa shape index (κ1) is 33.2. The van der Waals surface area contributed by atoms with Gasteiger partial charge in [-0.25, -0.2) is 13.2 Å². The van der Waals surface area contributed by atoms with Crippen LogP contribution in [0.5, 0.6) is 5.75 Å². The molecule has 0 saturated carbocycles. The van der Waals surface area contributed by atoms with Crippen molar-refractivity contribution in [2.24, 2.45) is 0 Å². The van der Waals surface area contributed by atoms with Crippen molar-refractivity contribution in [2.45, 2.75) is 110 Å². The summed E-state index contributed by atoms with van der Waals surface area (Å²) in [6, 6.07) is 9.33. The Bertz CT molecular complexity index is 1470. The van der Waals surface area contributed by atoms with Gasteiger partial charge in [-0.3, -0.25) is 0 Å². The molecule has 0 fully saturated rings. The quantitative estimate of drug-likeness (QED) is 0.248. The number of allylic oxidation sites excluding steroid dienone is 6. The fourth-order valence-electron chi connectivity index (χ4n) is 5.35. The van der Waals surface area contributed by atoms with E-state index in [-0.39, 0.29) is 16.2 Å². The second kappa shape index (κ2) is 14.2. The summed E-state index contributed by atoms with van der Waals surface area (Å²) in [4.78, 5) is 12.2. The van der Waals surface area contributed by atoms with Crippen LogP contribution >= 0.6 is 0 Å². The molecule has 1 atom stereocenters. The third-order valence-electron chi connectivity index (χ3n) is 8.12. The maximum atomic E-state index is 13.3. The third-order valence-corrected chi connectivity index (χ3v) is 9.83. The van der Waals surface area contributed by atoms with Gasteiger partial charge in [-0.05, 0) is 135 Å². The van der Waals surface area contributed by atoms with Crippen molar-refractivity contribution in [3.63, 3.8) is 0 Å².